The molecule has 2 saturated heterocycles. The molecule has 19 atom stereocenters. The number of carbonyl (C=O) groups excluding carboxylic acids is 4. The van der Waals surface area contributed by atoms with Gasteiger partial charge < -0.3 is 86.4 Å². The summed E-state index contributed by atoms with van der Waals surface area (Å²) in [6.45, 7) is 7.38. The van der Waals surface area contributed by atoms with Crippen LogP contribution in [0.2, 0.25) is 0 Å². The van der Waals surface area contributed by atoms with Crippen molar-refractivity contribution in [3.63, 3.8) is 0 Å². The summed E-state index contributed by atoms with van der Waals surface area (Å²) in [4.78, 5) is 52.9. The van der Waals surface area contributed by atoms with Gasteiger partial charge in [-0.25, -0.2) is 0 Å². The van der Waals surface area contributed by atoms with Crippen LogP contribution in [0, 0.1) is 17.8 Å². The number of ether oxygens (including phenoxy) is 4. The summed E-state index contributed by atoms with van der Waals surface area (Å²) in [7, 11) is 1.77. The summed E-state index contributed by atoms with van der Waals surface area (Å²) in [5.74, 6) is -6.39. The van der Waals surface area contributed by atoms with E-state index in [2.05, 4.69) is 10.6 Å². The van der Waals surface area contributed by atoms with Gasteiger partial charge in [-0.2, -0.15) is 0 Å². The lowest BCUT2D eigenvalue weighted by molar-refractivity contribution is -0.307. The molecular formula is C62H93N3O18. The van der Waals surface area contributed by atoms with Crippen LogP contribution < -0.4 is 16.4 Å². The fraction of sp³-hybridized carbons (Fsp3) is 0.613. The van der Waals surface area contributed by atoms with Crippen molar-refractivity contribution in [2.45, 2.75) is 209 Å². The van der Waals surface area contributed by atoms with Gasteiger partial charge in [-0.15, -0.1) is 0 Å². The Bertz CT molecular complexity index is 2360. The van der Waals surface area contributed by atoms with Crippen molar-refractivity contribution in [1.29, 1.82) is 0 Å². The van der Waals surface area contributed by atoms with E-state index in [1.54, 1.807) is 117 Å². The number of hydrogen-bond donors (Lipinski definition) is 13. The Balaban J connectivity index is 1.56. The van der Waals surface area contributed by atoms with Crippen molar-refractivity contribution in [2.24, 2.45) is 23.5 Å². The van der Waals surface area contributed by atoms with Crippen LogP contribution >= 0.6 is 0 Å². The number of carbonyl (C=O) groups is 4. The minimum Gasteiger partial charge on any atom is -0.461 e. The average molecular weight is 1170 g/mol. The fourth-order valence-corrected chi connectivity index (χ4v) is 10.4. The molecule has 0 spiro atoms. The Morgan fingerprint density at radius 2 is 1.30 bits per heavy atom. The normalized spacial score (nSPS) is 34.4. The Morgan fingerprint density at radius 1 is 0.735 bits per heavy atom. The van der Waals surface area contributed by atoms with Gasteiger partial charge in [0.15, 0.2) is 17.9 Å². The van der Waals surface area contributed by atoms with E-state index in [0.717, 1.165) is 5.69 Å². The van der Waals surface area contributed by atoms with Crippen LogP contribution in [0.25, 0.3) is 0 Å². The molecule has 3 aliphatic rings. The van der Waals surface area contributed by atoms with Crippen molar-refractivity contribution < 1.29 is 89.2 Å². The van der Waals surface area contributed by atoms with E-state index in [0.29, 0.717) is 18.4 Å². The molecule has 0 saturated carbocycles. The number of Topliss-reactive ketones (excluding diaryl/α,β-unsaturated/α-hetero) is 2. The molecule has 0 radical (unpaired) electrons. The van der Waals surface area contributed by atoms with Gasteiger partial charge in [0.1, 0.15) is 18.0 Å². The second-order valence-corrected chi connectivity index (χ2v) is 22.4. The first-order valence-corrected chi connectivity index (χ1v) is 29.0. The monoisotopic (exact) mass is 1170 g/mol. The molecule has 464 valence electrons. The first kappa shape index (κ1) is 70.4. The highest BCUT2D eigenvalue weighted by atomic mass is 16.7. The molecule has 3 aliphatic heterocycles. The largest absolute Gasteiger partial charge is 0.461 e. The number of benzene rings is 1. The van der Waals surface area contributed by atoms with Crippen molar-refractivity contribution >= 4 is 29.1 Å². The number of cyclic esters (lactones) is 1. The number of esters is 1. The molecule has 1 aromatic rings. The third-order valence-electron chi connectivity index (χ3n) is 14.9. The highest BCUT2D eigenvalue weighted by Crippen LogP contribution is 2.38. The molecule has 21 nitrogen and oxygen atoms in total. The lowest BCUT2D eigenvalue weighted by atomic mass is 9.82. The van der Waals surface area contributed by atoms with Crippen LogP contribution in [-0.4, -0.2) is 186 Å². The quantitative estimate of drug-likeness (QED) is 0.0996. The summed E-state index contributed by atoms with van der Waals surface area (Å²) < 4.78 is 24.2. The first-order chi connectivity index (χ1) is 39.4. The van der Waals surface area contributed by atoms with Gasteiger partial charge in [-0.1, -0.05) is 106 Å². The summed E-state index contributed by atoms with van der Waals surface area (Å²) in [6.07, 6.45) is 4.08. The first-order valence-electron chi connectivity index (χ1n) is 29.0. The number of aliphatic hydroxyl groups is 10. The van der Waals surface area contributed by atoms with Crippen LogP contribution in [0.4, 0.5) is 5.69 Å². The summed E-state index contributed by atoms with van der Waals surface area (Å²) in [6, 6.07) is 5.78. The Morgan fingerprint density at radius 3 is 1.90 bits per heavy atom. The molecule has 2 fully saturated rings. The predicted molar refractivity (Wildman–Crippen MR) is 311 cm³/mol. The molecule has 0 aromatic heterocycles. The number of allylic oxidation sites excluding steroid dienone is 12. The molecule has 21 heteroatoms. The van der Waals surface area contributed by atoms with Crippen molar-refractivity contribution in [1.82, 2.24) is 5.32 Å². The SMILES string of the molecule is CCCNC(=O)C1C(O)CC2(O)CC(O)CC(O)CC(O)CC(O)CC(=O)CC(O)CC(=O)OC(C(C)CCC(O)CC(=O)c3ccc(NC)cc3)C(C)C=CC=CC=CC=CC=CC=CC=CC(O[C@@H]3O[C@H](C)[C@@H](O)[C@H](N)[C@@H]3O)CC1O2. The third-order valence-corrected chi connectivity index (χ3v) is 14.9. The highest BCUT2D eigenvalue weighted by Gasteiger charge is 2.51. The van der Waals surface area contributed by atoms with Gasteiger partial charge in [-0.3, -0.25) is 19.2 Å². The highest BCUT2D eigenvalue weighted by molar-refractivity contribution is 5.96. The topological polar surface area (TPSA) is 358 Å². The van der Waals surface area contributed by atoms with Gasteiger partial charge in [-0.05, 0) is 75.6 Å². The van der Waals surface area contributed by atoms with Crippen LogP contribution in [-0.2, 0) is 33.3 Å². The summed E-state index contributed by atoms with van der Waals surface area (Å²) >= 11 is 0. The molecule has 3 heterocycles. The van der Waals surface area contributed by atoms with Crippen LogP contribution in [0.1, 0.15) is 122 Å². The second kappa shape index (κ2) is 36.0. The standard InChI is InChI=1S/C62H93N3O18/c1-6-27-65-60(78)55-52(74)37-62(79)36-49(72)32-47(70)30-45(68)28-44(67)29-46(69)31-48(71)34-54(75)82-59(39(3)21-26-43(66)33-51(73)41-22-24-42(64-5)25-23-41)38(2)19-17-15-13-11-9-7-8-10-12-14-16-18-20-50(35-53(55)83-62)81-61-58(77)56(63)57(76)40(4)80-61/h7-20,22-25,38-40,43-45,47-50,52-53,55-59,61,64,66-68,70-72,74,76-77,79H,6,21,26-37,63H2,1-5H3,(H,65,78)/t38?,39?,40-,43?,44?,45?,47?,48?,49?,50?,52?,53?,55?,56+,57-,58+,59?,61+,62?/m1/s1. The second-order valence-electron chi connectivity index (χ2n) is 22.4. The molecule has 1 aromatic carbocycles. The minimum atomic E-state index is -2.26. The molecule has 14 N–H and O–H groups in total. The molecule has 14 unspecified atom stereocenters. The van der Waals surface area contributed by atoms with E-state index >= 15 is 0 Å². The van der Waals surface area contributed by atoms with Crippen molar-refractivity contribution in [2.75, 3.05) is 18.9 Å². The third kappa shape index (κ3) is 24.8. The number of fused-ring (bicyclic) bond motifs is 2. The Kier molecular flexibility index (Phi) is 30.6. The maximum atomic E-state index is 13.6. The Labute approximate surface area is 488 Å². The zero-order valence-corrected chi connectivity index (χ0v) is 48.5. The zero-order valence-electron chi connectivity index (χ0n) is 48.5. The zero-order chi connectivity index (χ0) is 61.2. The van der Waals surface area contributed by atoms with E-state index in [1.165, 1.54) is 0 Å². The van der Waals surface area contributed by atoms with Gasteiger partial charge in [0, 0.05) is 69.3 Å². The summed E-state index contributed by atoms with van der Waals surface area (Å²) in [5, 5.41) is 116. The van der Waals surface area contributed by atoms with Gasteiger partial charge in [0.2, 0.25) is 5.91 Å². The smallest absolute Gasteiger partial charge is 0.308 e. The molecule has 2 bridgehead atoms. The number of anilines is 1. The molecule has 1 amide bonds. The van der Waals surface area contributed by atoms with E-state index in [1.807, 2.05) is 26.8 Å². The van der Waals surface area contributed by atoms with E-state index < -0.39 is 160 Å². The fourth-order valence-electron chi connectivity index (χ4n) is 10.4. The van der Waals surface area contributed by atoms with Gasteiger partial charge in [0.25, 0.3) is 0 Å². The van der Waals surface area contributed by atoms with Crippen molar-refractivity contribution in [3.05, 3.63) is 115 Å². The van der Waals surface area contributed by atoms with Crippen LogP contribution in [0.5, 0.6) is 0 Å². The number of nitrogens with one attached hydrogen (secondary N) is 2. The molecule has 83 heavy (non-hydrogen) atoms. The molecular weight excluding hydrogens is 1070 g/mol. The van der Waals surface area contributed by atoms with Crippen LogP contribution in [0.3, 0.4) is 0 Å². The minimum absolute atomic E-state index is 0.101. The number of ketones is 2. The number of amides is 1. The van der Waals surface area contributed by atoms with Crippen molar-refractivity contribution in [3.8, 4) is 0 Å². The predicted octanol–water partition coefficient (Wildman–Crippen LogP) is 3.19. The van der Waals surface area contributed by atoms with E-state index in [4.69, 9.17) is 24.7 Å². The lowest BCUT2D eigenvalue weighted by Crippen LogP contribution is -2.62. The number of hydrogen-bond acceptors (Lipinski definition) is 20. The van der Waals surface area contributed by atoms with E-state index in [9.17, 15) is 70.2 Å². The van der Waals surface area contributed by atoms with Crippen LogP contribution in [0.15, 0.2) is 109 Å². The maximum Gasteiger partial charge on any atom is 0.308 e. The van der Waals surface area contributed by atoms with E-state index in [-0.39, 0.29) is 56.3 Å². The maximum absolute atomic E-state index is 13.6. The van der Waals surface area contributed by atoms with Gasteiger partial charge >= 0.3 is 5.97 Å². The average Bonchev–Trinajstić information content (AvgIpc) is 3.54. The lowest BCUT2D eigenvalue weighted by Gasteiger charge is -2.46. The summed E-state index contributed by atoms with van der Waals surface area (Å²) in [5.41, 5.74) is 7.43. The van der Waals surface area contributed by atoms with Gasteiger partial charge in [0.05, 0.1) is 85.5 Å². The molecule has 0 aliphatic carbocycles. The number of rotatable bonds is 13. The molecule has 4 rings (SSSR count). The number of nitrogens with two attached hydrogens (primary N) is 1. The Hall–Kier alpha value is -5.08. The number of aliphatic hydroxyl groups excluding tert-OH is 9.